The predicted octanol–water partition coefficient (Wildman–Crippen LogP) is 4.18. The number of nitriles is 1. The third kappa shape index (κ3) is 4.88. The van der Waals surface area contributed by atoms with E-state index in [1.807, 2.05) is 18.2 Å². The van der Waals surface area contributed by atoms with Crippen LogP contribution in [-0.4, -0.2) is 46.2 Å². The molecule has 0 spiro atoms. The first-order valence-corrected chi connectivity index (χ1v) is 10.9. The number of alkyl halides is 2. The summed E-state index contributed by atoms with van der Waals surface area (Å²) in [7, 11) is 0. The van der Waals surface area contributed by atoms with Gasteiger partial charge in [-0.15, -0.1) is 0 Å². The third-order valence-corrected chi connectivity index (χ3v) is 6.22. The molecule has 170 valence electrons. The topological polar surface area (TPSA) is 86.1 Å². The molecule has 6 nitrogen and oxygen atoms in total. The van der Waals surface area contributed by atoms with Gasteiger partial charge in [0.1, 0.15) is 5.54 Å². The normalized spacial score (nSPS) is 21.7. The molecule has 2 aromatic rings. The number of amides is 2. The number of carbonyl (C=O) groups is 2. The van der Waals surface area contributed by atoms with E-state index in [9.17, 15) is 23.6 Å². The van der Waals surface area contributed by atoms with Crippen LogP contribution in [0.3, 0.4) is 0 Å². The molecule has 1 aliphatic carbocycles. The molecule has 33 heavy (non-hydrogen) atoms. The first-order valence-electron chi connectivity index (χ1n) is 10.5. The van der Waals surface area contributed by atoms with Gasteiger partial charge in [0.15, 0.2) is 0 Å². The highest BCUT2D eigenvalue weighted by Crippen LogP contribution is 2.52. The average molecular weight is 471 g/mol. The number of likely N-dealkylation sites (tertiary alicyclic amines) is 1. The summed E-state index contributed by atoms with van der Waals surface area (Å²) in [5, 5.41) is 12.8. The van der Waals surface area contributed by atoms with Crippen LogP contribution in [0.15, 0.2) is 42.7 Å². The van der Waals surface area contributed by atoms with E-state index < -0.39 is 42.8 Å². The first kappa shape index (κ1) is 22.9. The predicted molar refractivity (Wildman–Crippen MR) is 119 cm³/mol. The molecule has 1 saturated heterocycles. The zero-order chi connectivity index (χ0) is 23.6. The summed E-state index contributed by atoms with van der Waals surface area (Å²) >= 11 is 5.89. The Morgan fingerprint density at radius 2 is 1.97 bits per heavy atom. The molecule has 1 saturated carbocycles. The maximum atomic E-state index is 14.1. The second kappa shape index (κ2) is 8.91. The molecule has 2 heterocycles. The van der Waals surface area contributed by atoms with Crippen molar-refractivity contribution in [3.8, 4) is 6.07 Å². The van der Waals surface area contributed by atoms with E-state index >= 15 is 0 Å². The van der Waals surface area contributed by atoms with Crippen LogP contribution in [-0.2, 0) is 4.79 Å². The number of pyridine rings is 1. The van der Waals surface area contributed by atoms with Gasteiger partial charge in [-0.25, -0.2) is 8.78 Å². The number of carbonyl (C=O) groups excluding carboxylic acids is 2. The van der Waals surface area contributed by atoms with Gasteiger partial charge in [0.25, 0.3) is 11.8 Å². The van der Waals surface area contributed by atoms with Gasteiger partial charge in [0.2, 0.25) is 5.91 Å². The van der Waals surface area contributed by atoms with Gasteiger partial charge >= 0.3 is 0 Å². The molecule has 2 fully saturated rings. The second-order valence-electron chi connectivity index (χ2n) is 8.35. The fourth-order valence-electron chi connectivity index (χ4n) is 4.20. The van der Waals surface area contributed by atoms with Crippen molar-refractivity contribution in [3.63, 3.8) is 0 Å². The summed E-state index contributed by atoms with van der Waals surface area (Å²) in [5.41, 5.74) is 0.166. The Bertz CT molecular complexity index is 1140. The molecule has 1 atom stereocenters. The highest BCUT2D eigenvalue weighted by atomic mass is 35.5. The van der Waals surface area contributed by atoms with Crippen LogP contribution in [0.1, 0.15) is 40.7 Å². The molecule has 1 aromatic carbocycles. The van der Waals surface area contributed by atoms with Crippen LogP contribution < -0.4 is 5.32 Å². The number of benzene rings is 1. The van der Waals surface area contributed by atoms with Crippen LogP contribution >= 0.6 is 11.6 Å². The largest absolute Gasteiger partial charge is 0.343 e. The van der Waals surface area contributed by atoms with Gasteiger partial charge in [-0.2, -0.15) is 5.26 Å². The fourth-order valence-corrected chi connectivity index (χ4v) is 4.32. The number of halogens is 3. The van der Waals surface area contributed by atoms with Gasteiger partial charge in [-0.1, -0.05) is 35.9 Å². The Hall–Kier alpha value is -3.31. The van der Waals surface area contributed by atoms with E-state index in [2.05, 4.69) is 10.3 Å². The van der Waals surface area contributed by atoms with Gasteiger partial charge in [0, 0.05) is 28.5 Å². The van der Waals surface area contributed by atoms with Gasteiger partial charge in [-0.05, 0) is 42.5 Å². The molecule has 0 bridgehead atoms. The van der Waals surface area contributed by atoms with Crippen molar-refractivity contribution in [1.29, 1.82) is 5.26 Å². The zero-order valence-corrected chi connectivity index (χ0v) is 18.4. The van der Waals surface area contributed by atoms with Crippen molar-refractivity contribution in [2.24, 2.45) is 5.92 Å². The molecule has 4 rings (SSSR count). The van der Waals surface area contributed by atoms with Gasteiger partial charge in [0.05, 0.1) is 25.6 Å². The maximum absolute atomic E-state index is 14.1. The number of hydrogen-bond acceptors (Lipinski definition) is 4. The van der Waals surface area contributed by atoms with Crippen molar-refractivity contribution in [2.75, 3.05) is 13.1 Å². The minimum atomic E-state index is -3.12. The smallest absolute Gasteiger partial charge is 0.268 e. The minimum Gasteiger partial charge on any atom is -0.343 e. The van der Waals surface area contributed by atoms with Gasteiger partial charge < -0.3 is 10.2 Å². The average Bonchev–Trinajstić information content (AvgIpc) is 3.61. The van der Waals surface area contributed by atoms with Crippen LogP contribution in [0.25, 0.3) is 12.2 Å². The Morgan fingerprint density at radius 1 is 1.24 bits per heavy atom. The van der Waals surface area contributed by atoms with E-state index in [1.165, 1.54) is 18.5 Å². The SMILES string of the molecule is N#C[C@]1(C2CC2)CC(F)(F)CN1C(=O)CNC(=O)c1ccncc1/C=C/c1ccc(Cl)cc1. The summed E-state index contributed by atoms with van der Waals surface area (Å²) < 4.78 is 28.3. The molecule has 1 aliphatic heterocycles. The lowest BCUT2D eigenvalue weighted by atomic mass is 9.91. The summed E-state index contributed by atoms with van der Waals surface area (Å²) in [6, 6.07) is 10.6. The molecular weight excluding hydrogens is 450 g/mol. The third-order valence-electron chi connectivity index (χ3n) is 5.97. The highest BCUT2D eigenvalue weighted by Gasteiger charge is 2.62. The van der Waals surface area contributed by atoms with Crippen molar-refractivity contribution in [3.05, 3.63) is 64.4 Å². The van der Waals surface area contributed by atoms with Crippen molar-refractivity contribution in [1.82, 2.24) is 15.2 Å². The van der Waals surface area contributed by atoms with Crippen LogP contribution in [0.4, 0.5) is 8.78 Å². The van der Waals surface area contributed by atoms with Crippen molar-refractivity contribution in [2.45, 2.75) is 30.7 Å². The molecule has 1 aromatic heterocycles. The second-order valence-corrected chi connectivity index (χ2v) is 8.79. The van der Waals surface area contributed by atoms with E-state index in [4.69, 9.17) is 11.6 Å². The Kier molecular flexibility index (Phi) is 6.17. The highest BCUT2D eigenvalue weighted by molar-refractivity contribution is 6.30. The fraction of sp³-hybridized carbons (Fsp3) is 0.333. The van der Waals surface area contributed by atoms with Gasteiger partial charge in [-0.3, -0.25) is 14.6 Å². The van der Waals surface area contributed by atoms with E-state index in [-0.39, 0.29) is 11.5 Å². The molecule has 0 radical (unpaired) electrons. The van der Waals surface area contributed by atoms with Crippen LogP contribution in [0.2, 0.25) is 5.02 Å². The maximum Gasteiger partial charge on any atom is 0.268 e. The number of rotatable bonds is 6. The molecule has 1 N–H and O–H groups in total. The first-order chi connectivity index (χ1) is 15.7. The lowest BCUT2D eigenvalue weighted by molar-refractivity contribution is -0.134. The number of nitrogens with one attached hydrogen (secondary N) is 1. The Labute approximate surface area is 194 Å². The van der Waals surface area contributed by atoms with Crippen LogP contribution in [0.5, 0.6) is 0 Å². The number of nitrogens with zero attached hydrogens (tertiary/aromatic N) is 3. The summed E-state index contributed by atoms with van der Waals surface area (Å²) in [6.45, 7) is -1.29. The molecule has 2 aliphatic rings. The summed E-state index contributed by atoms with van der Waals surface area (Å²) in [5.74, 6) is -4.61. The molecular formula is C24H21ClF2N4O2. The van der Waals surface area contributed by atoms with Crippen molar-refractivity contribution >= 4 is 35.6 Å². The molecule has 9 heteroatoms. The summed E-state index contributed by atoms with van der Waals surface area (Å²) in [4.78, 5) is 30.6. The standard InChI is InChI=1S/C24H21ClF2N4O2/c25-19-7-2-16(3-8-19)1-4-17-11-29-10-9-20(17)22(33)30-12-21(32)31-15-24(26,27)13-23(31,14-28)18-5-6-18/h1-4,7-11,18H,5-6,12-13,15H2,(H,30,33)/b4-1+/t23-/m0/s1. The molecule has 0 unspecified atom stereocenters. The number of hydrogen-bond donors (Lipinski definition) is 1. The Morgan fingerprint density at radius 3 is 2.64 bits per heavy atom. The van der Waals surface area contributed by atoms with E-state index in [0.717, 1.165) is 10.5 Å². The van der Waals surface area contributed by atoms with Crippen molar-refractivity contribution < 1.29 is 18.4 Å². The summed E-state index contributed by atoms with van der Waals surface area (Å²) in [6.07, 6.45) is 7.08. The lowest BCUT2D eigenvalue weighted by Crippen LogP contribution is -2.51. The van der Waals surface area contributed by atoms with E-state index in [0.29, 0.717) is 23.4 Å². The lowest BCUT2D eigenvalue weighted by Gasteiger charge is -2.31. The number of aromatic nitrogens is 1. The monoisotopic (exact) mass is 470 g/mol. The molecule has 2 amide bonds. The quantitative estimate of drug-likeness (QED) is 0.686. The minimum absolute atomic E-state index is 0.250. The van der Waals surface area contributed by atoms with Crippen LogP contribution in [0, 0.1) is 17.2 Å². The Balaban J connectivity index is 1.45. The zero-order valence-electron chi connectivity index (χ0n) is 17.6. The van der Waals surface area contributed by atoms with E-state index in [1.54, 1.807) is 24.3 Å².